The van der Waals surface area contributed by atoms with E-state index in [-0.39, 0.29) is 43.5 Å². The summed E-state index contributed by atoms with van der Waals surface area (Å²) in [6.45, 7) is 3.62. The van der Waals surface area contributed by atoms with Crippen molar-refractivity contribution in [1.29, 1.82) is 5.41 Å². The lowest BCUT2D eigenvalue weighted by atomic mass is 9.98. The summed E-state index contributed by atoms with van der Waals surface area (Å²) in [5.41, 5.74) is 8.76. The minimum absolute atomic E-state index is 0.0599. The van der Waals surface area contributed by atoms with E-state index in [0.717, 1.165) is 6.07 Å². The molecule has 7 N–H and O–H groups in total. The lowest BCUT2D eigenvalue weighted by Gasteiger charge is -2.20. The third-order valence-corrected chi connectivity index (χ3v) is 5.64. The zero-order valence-corrected chi connectivity index (χ0v) is 21.2. The monoisotopic (exact) mass is 522 g/mol. The molecule has 0 aliphatic carbocycles. The molecule has 0 aliphatic rings. The Kier molecular flexibility index (Phi) is 9.39. The van der Waals surface area contributed by atoms with Crippen LogP contribution in [0.15, 0.2) is 54.6 Å². The van der Waals surface area contributed by atoms with Gasteiger partial charge in [-0.1, -0.05) is 6.07 Å². The molecule has 3 rings (SSSR count). The number of ether oxygens (including phenoxy) is 1. The van der Waals surface area contributed by atoms with E-state index in [9.17, 15) is 24.2 Å². The summed E-state index contributed by atoms with van der Waals surface area (Å²) in [7, 11) is 0. The molecule has 0 radical (unpaired) electrons. The summed E-state index contributed by atoms with van der Waals surface area (Å²) in [5.74, 6) is -1.73. The number of nitrogens with two attached hydrogens (primary N) is 1. The quantitative estimate of drug-likeness (QED) is 0.153. The minimum atomic E-state index is -0.959. The molecular formula is C28H31FN4O5. The van der Waals surface area contributed by atoms with Crippen molar-refractivity contribution in [3.05, 3.63) is 88.2 Å². The third-order valence-electron chi connectivity index (χ3n) is 5.64. The highest BCUT2D eigenvalue weighted by atomic mass is 19.1. The summed E-state index contributed by atoms with van der Waals surface area (Å²) in [6.07, 6.45) is -0.0927. The molecule has 0 saturated heterocycles. The van der Waals surface area contributed by atoms with Gasteiger partial charge in [-0.25, -0.2) is 4.39 Å². The zero-order valence-electron chi connectivity index (χ0n) is 21.2. The van der Waals surface area contributed by atoms with Crippen LogP contribution >= 0.6 is 0 Å². The SMILES string of the molecule is CC(C)Oc1cc(CO)cc(CNc2ccc(F)cc2C(=O)Nc2ccc(C(=N)N)cc2)c1CCC(=O)O. The number of hydrogen-bond acceptors (Lipinski definition) is 6. The lowest BCUT2D eigenvalue weighted by molar-refractivity contribution is -0.136. The molecule has 0 fully saturated rings. The Labute approximate surface area is 220 Å². The smallest absolute Gasteiger partial charge is 0.303 e. The van der Waals surface area contributed by atoms with Gasteiger partial charge in [-0.15, -0.1) is 0 Å². The van der Waals surface area contributed by atoms with Crippen molar-refractivity contribution in [2.45, 2.75) is 45.9 Å². The molecule has 0 unspecified atom stereocenters. The number of halogens is 1. The van der Waals surface area contributed by atoms with Crippen molar-refractivity contribution in [1.82, 2.24) is 0 Å². The Hall–Kier alpha value is -4.44. The summed E-state index contributed by atoms with van der Waals surface area (Å²) in [6, 6.07) is 13.6. The van der Waals surface area contributed by atoms with E-state index in [0.29, 0.717) is 39.4 Å². The van der Waals surface area contributed by atoms with Crippen LogP contribution in [0.25, 0.3) is 0 Å². The Balaban J connectivity index is 1.90. The van der Waals surface area contributed by atoms with Crippen LogP contribution in [0.4, 0.5) is 15.8 Å². The Morgan fingerprint density at radius 1 is 1.11 bits per heavy atom. The number of aliphatic hydroxyl groups is 1. The summed E-state index contributed by atoms with van der Waals surface area (Å²) < 4.78 is 20.0. The first-order chi connectivity index (χ1) is 18.1. The normalized spacial score (nSPS) is 10.8. The van der Waals surface area contributed by atoms with Crippen molar-refractivity contribution in [2.24, 2.45) is 5.73 Å². The highest BCUT2D eigenvalue weighted by Crippen LogP contribution is 2.29. The molecule has 0 saturated carbocycles. The number of rotatable bonds is 12. The third kappa shape index (κ3) is 7.53. The van der Waals surface area contributed by atoms with Crippen LogP contribution in [0.3, 0.4) is 0 Å². The van der Waals surface area contributed by atoms with Gasteiger partial charge in [-0.05, 0) is 85.5 Å². The fraction of sp³-hybridized carbons (Fsp3) is 0.250. The number of nitrogens with one attached hydrogen (secondary N) is 3. The maximum absolute atomic E-state index is 14.1. The van der Waals surface area contributed by atoms with E-state index in [1.54, 1.807) is 36.4 Å². The fourth-order valence-electron chi connectivity index (χ4n) is 3.87. The average molecular weight is 523 g/mol. The maximum Gasteiger partial charge on any atom is 0.303 e. The zero-order chi connectivity index (χ0) is 27.8. The molecule has 9 nitrogen and oxygen atoms in total. The van der Waals surface area contributed by atoms with Gasteiger partial charge in [0, 0.05) is 29.9 Å². The number of aliphatic hydroxyl groups excluding tert-OH is 1. The second-order valence-electron chi connectivity index (χ2n) is 8.94. The number of nitrogen functional groups attached to an aromatic ring is 1. The van der Waals surface area contributed by atoms with Crippen LogP contribution in [0.2, 0.25) is 0 Å². The van der Waals surface area contributed by atoms with Crippen LogP contribution in [-0.4, -0.2) is 34.0 Å². The lowest BCUT2D eigenvalue weighted by Crippen LogP contribution is -2.16. The van der Waals surface area contributed by atoms with Gasteiger partial charge in [0.15, 0.2) is 0 Å². The van der Waals surface area contributed by atoms with Crippen molar-refractivity contribution < 1.29 is 28.9 Å². The summed E-state index contributed by atoms with van der Waals surface area (Å²) in [5, 5.41) is 32.3. The van der Waals surface area contributed by atoms with Gasteiger partial charge < -0.3 is 31.3 Å². The van der Waals surface area contributed by atoms with Crippen LogP contribution in [-0.2, 0) is 24.4 Å². The van der Waals surface area contributed by atoms with Gasteiger partial charge in [-0.3, -0.25) is 15.0 Å². The van der Waals surface area contributed by atoms with Gasteiger partial charge in [0.1, 0.15) is 17.4 Å². The van der Waals surface area contributed by atoms with Gasteiger partial charge in [0.05, 0.1) is 18.3 Å². The molecule has 3 aromatic rings. The van der Waals surface area contributed by atoms with Crippen LogP contribution in [0.5, 0.6) is 5.75 Å². The van der Waals surface area contributed by atoms with E-state index < -0.39 is 17.7 Å². The van der Waals surface area contributed by atoms with Crippen LogP contribution in [0.1, 0.15) is 52.9 Å². The van der Waals surface area contributed by atoms with E-state index >= 15 is 0 Å². The fourth-order valence-corrected chi connectivity index (χ4v) is 3.87. The first-order valence-electron chi connectivity index (χ1n) is 12.0. The molecule has 1 amide bonds. The number of hydrogen-bond donors (Lipinski definition) is 6. The second-order valence-corrected chi connectivity index (χ2v) is 8.94. The predicted octanol–water partition coefficient (Wildman–Crippen LogP) is 4.27. The molecule has 0 aromatic heterocycles. The van der Waals surface area contributed by atoms with Gasteiger partial charge in [0.2, 0.25) is 0 Å². The molecule has 0 bridgehead atoms. The number of benzene rings is 3. The number of carbonyl (C=O) groups is 2. The van der Waals surface area contributed by atoms with E-state index in [4.69, 9.17) is 15.9 Å². The minimum Gasteiger partial charge on any atom is -0.491 e. The van der Waals surface area contributed by atoms with Crippen molar-refractivity contribution in [2.75, 3.05) is 10.6 Å². The molecule has 0 aliphatic heterocycles. The number of carboxylic acids is 1. The first-order valence-corrected chi connectivity index (χ1v) is 12.0. The van der Waals surface area contributed by atoms with Crippen molar-refractivity contribution >= 4 is 29.1 Å². The van der Waals surface area contributed by atoms with Gasteiger partial charge >= 0.3 is 5.97 Å². The van der Waals surface area contributed by atoms with Crippen molar-refractivity contribution in [3.63, 3.8) is 0 Å². The van der Waals surface area contributed by atoms with Gasteiger partial charge in [-0.2, -0.15) is 0 Å². The molecule has 200 valence electrons. The molecule has 0 atom stereocenters. The molecule has 10 heteroatoms. The number of aliphatic carboxylic acids is 1. The Morgan fingerprint density at radius 2 is 1.82 bits per heavy atom. The number of amides is 1. The number of anilines is 2. The second kappa shape index (κ2) is 12.7. The maximum atomic E-state index is 14.1. The molecule has 3 aromatic carbocycles. The summed E-state index contributed by atoms with van der Waals surface area (Å²) >= 11 is 0. The molecule has 38 heavy (non-hydrogen) atoms. The van der Waals surface area contributed by atoms with Gasteiger partial charge in [0.25, 0.3) is 5.91 Å². The Morgan fingerprint density at radius 3 is 2.42 bits per heavy atom. The average Bonchev–Trinajstić information content (AvgIpc) is 2.86. The number of amidine groups is 1. The van der Waals surface area contributed by atoms with Crippen molar-refractivity contribution in [3.8, 4) is 5.75 Å². The van der Waals surface area contributed by atoms with Crippen LogP contribution in [0, 0.1) is 11.2 Å². The first kappa shape index (κ1) is 28.1. The largest absolute Gasteiger partial charge is 0.491 e. The number of carbonyl (C=O) groups excluding carboxylic acids is 1. The number of carboxylic acid groups (broad SMARTS) is 1. The standard InChI is InChI=1S/C28H31FN4O5/c1-16(2)38-25-12-17(15-34)11-19(22(25)8-10-26(35)36)14-32-24-9-5-20(29)13-23(24)28(37)33-21-6-3-18(4-7-21)27(30)31/h3-7,9,11-13,16,32,34H,8,10,14-15H2,1-2H3,(H3,30,31)(H,33,37)(H,35,36). The predicted molar refractivity (Wildman–Crippen MR) is 143 cm³/mol. The van der Waals surface area contributed by atoms with Crippen LogP contribution < -0.4 is 21.1 Å². The molecule has 0 heterocycles. The Bertz CT molecular complexity index is 1330. The van der Waals surface area contributed by atoms with E-state index in [2.05, 4.69) is 10.6 Å². The molecule has 0 spiro atoms. The van der Waals surface area contributed by atoms with E-state index in [1.165, 1.54) is 12.1 Å². The van der Waals surface area contributed by atoms with E-state index in [1.807, 2.05) is 13.8 Å². The summed E-state index contributed by atoms with van der Waals surface area (Å²) in [4.78, 5) is 24.3. The highest BCUT2D eigenvalue weighted by Gasteiger charge is 2.17. The highest BCUT2D eigenvalue weighted by molar-refractivity contribution is 6.08. The molecular weight excluding hydrogens is 491 g/mol. The topological polar surface area (TPSA) is 158 Å².